The first-order chi connectivity index (χ1) is 8.74. The zero-order valence-electron chi connectivity index (χ0n) is 11.2. The Morgan fingerprint density at radius 3 is 2.78 bits per heavy atom. The minimum absolute atomic E-state index is 0.275. The van der Waals surface area contributed by atoms with Crippen molar-refractivity contribution in [2.24, 2.45) is 0 Å². The maximum Gasteiger partial charge on any atom is 0.120 e. The topological polar surface area (TPSA) is 32.3 Å². The van der Waals surface area contributed by atoms with E-state index in [0.29, 0.717) is 11.8 Å². The van der Waals surface area contributed by atoms with Crippen LogP contribution in [0.2, 0.25) is 0 Å². The zero-order chi connectivity index (χ0) is 13.0. The standard InChI is InChI=1S/C15H23NOS/c1-3-14(13-6-4-5-7-15(13)17)16-11-8-9-12(10-11)18-2/h4-7,11-12,14,16-17H,3,8-10H2,1-2H3. The summed E-state index contributed by atoms with van der Waals surface area (Å²) in [5.74, 6) is 0.413. The van der Waals surface area contributed by atoms with Crippen molar-refractivity contribution < 1.29 is 5.11 Å². The van der Waals surface area contributed by atoms with Gasteiger partial charge in [-0.25, -0.2) is 0 Å². The third-order valence-electron chi connectivity index (χ3n) is 3.88. The fourth-order valence-corrected chi connectivity index (χ4v) is 3.60. The molecule has 3 atom stereocenters. The van der Waals surface area contributed by atoms with E-state index in [1.807, 2.05) is 30.0 Å². The number of phenols is 1. The SMILES string of the molecule is CCC(NC1CCC(SC)C1)c1ccccc1O. The molecule has 2 N–H and O–H groups in total. The van der Waals surface area contributed by atoms with Crippen LogP contribution in [0.3, 0.4) is 0 Å². The molecule has 0 radical (unpaired) electrons. The predicted molar refractivity (Wildman–Crippen MR) is 79.2 cm³/mol. The van der Waals surface area contributed by atoms with E-state index in [2.05, 4.69) is 18.5 Å². The Morgan fingerprint density at radius 2 is 2.17 bits per heavy atom. The minimum atomic E-state index is 0.275. The molecule has 100 valence electrons. The van der Waals surface area contributed by atoms with E-state index >= 15 is 0 Å². The van der Waals surface area contributed by atoms with Crippen molar-refractivity contribution in [2.75, 3.05) is 6.26 Å². The number of thioether (sulfide) groups is 1. The summed E-state index contributed by atoms with van der Waals surface area (Å²) in [7, 11) is 0. The van der Waals surface area contributed by atoms with Gasteiger partial charge in [-0.2, -0.15) is 11.8 Å². The van der Waals surface area contributed by atoms with Gasteiger partial charge in [0.05, 0.1) is 0 Å². The Morgan fingerprint density at radius 1 is 1.39 bits per heavy atom. The Labute approximate surface area is 114 Å². The van der Waals surface area contributed by atoms with Gasteiger partial charge >= 0.3 is 0 Å². The smallest absolute Gasteiger partial charge is 0.120 e. The molecule has 1 aliphatic carbocycles. The van der Waals surface area contributed by atoms with Crippen LogP contribution in [0.5, 0.6) is 5.75 Å². The molecule has 0 spiro atoms. The van der Waals surface area contributed by atoms with Gasteiger partial charge in [0.15, 0.2) is 0 Å². The molecule has 0 saturated heterocycles. The van der Waals surface area contributed by atoms with Crippen LogP contribution >= 0.6 is 11.8 Å². The summed E-state index contributed by atoms with van der Waals surface area (Å²) in [5.41, 5.74) is 1.03. The zero-order valence-corrected chi connectivity index (χ0v) is 12.0. The molecule has 3 heteroatoms. The number of aromatic hydroxyl groups is 1. The second-order valence-electron chi connectivity index (χ2n) is 5.05. The summed E-state index contributed by atoms with van der Waals surface area (Å²) in [6.45, 7) is 2.17. The maximum atomic E-state index is 9.94. The minimum Gasteiger partial charge on any atom is -0.508 e. The summed E-state index contributed by atoms with van der Waals surface area (Å²) < 4.78 is 0. The molecule has 0 amide bonds. The number of nitrogens with one attached hydrogen (secondary N) is 1. The van der Waals surface area contributed by atoms with Crippen LogP contribution < -0.4 is 5.32 Å². The number of rotatable bonds is 5. The monoisotopic (exact) mass is 265 g/mol. The molecule has 0 bridgehead atoms. The molecule has 1 aromatic rings. The van der Waals surface area contributed by atoms with Gasteiger partial charge in [-0.3, -0.25) is 0 Å². The second kappa shape index (κ2) is 6.48. The molecule has 1 aliphatic rings. The van der Waals surface area contributed by atoms with Crippen LogP contribution in [-0.4, -0.2) is 22.7 Å². The van der Waals surface area contributed by atoms with Crippen LogP contribution in [0.25, 0.3) is 0 Å². The molecule has 0 aliphatic heterocycles. The summed E-state index contributed by atoms with van der Waals surface area (Å²) >= 11 is 1.98. The summed E-state index contributed by atoms with van der Waals surface area (Å²) in [5, 5.41) is 14.5. The predicted octanol–water partition coefficient (Wildman–Crippen LogP) is 3.72. The van der Waals surface area contributed by atoms with E-state index in [1.54, 1.807) is 6.07 Å². The number of phenolic OH excluding ortho intramolecular Hbond substituents is 1. The normalized spacial score (nSPS) is 25.2. The Balaban J connectivity index is 2.00. The first-order valence-electron chi connectivity index (χ1n) is 6.81. The maximum absolute atomic E-state index is 9.94. The molecule has 1 aromatic carbocycles. The summed E-state index contributed by atoms with van der Waals surface area (Å²) in [6.07, 6.45) is 7.04. The molecule has 1 saturated carbocycles. The highest BCUT2D eigenvalue weighted by Gasteiger charge is 2.26. The first-order valence-corrected chi connectivity index (χ1v) is 8.10. The van der Waals surface area contributed by atoms with E-state index in [1.165, 1.54) is 19.3 Å². The molecule has 3 unspecified atom stereocenters. The molecule has 2 nitrogen and oxygen atoms in total. The Hall–Kier alpha value is -0.670. The Kier molecular flexibility index (Phi) is 4.95. The highest BCUT2D eigenvalue weighted by molar-refractivity contribution is 7.99. The third-order valence-corrected chi connectivity index (χ3v) is 4.97. The van der Waals surface area contributed by atoms with Gasteiger partial charge in [0.25, 0.3) is 0 Å². The van der Waals surface area contributed by atoms with Crippen LogP contribution in [0, 0.1) is 0 Å². The van der Waals surface area contributed by atoms with Crippen molar-refractivity contribution in [2.45, 2.75) is 49.9 Å². The molecule has 2 rings (SSSR count). The van der Waals surface area contributed by atoms with Crippen molar-refractivity contribution in [3.8, 4) is 5.75 Å². The molecular formula is C15H23NOS. The van der Waals surface area contributed by atoms with E-state index < -0.39 is 0 Å². The van der Waals surface area contributed by atoms with Crippen molar-refractivity contribution >= 4 is 11.8 Å². The quantitative estimate of drug-likeness (QED) is 0.851. The lowest BCUT2D eigenvalue weighted by Crippen LogP contribution is -2.30. The van der Waals surface area contributed by atoms with Crippen molar-refractivity contribution in [3.63, 3.8) is 0 Å². The molecule has 0 heterocycles. The van der Waals surface area contributed by atoms with E-state index in [0.717, 1.165) is 17.2 Å². The number of hydrogen-bond acceptors (Lipinski definition) is 3. The lowest BCUT2D eigenvalue weighted by atomic mass is 10.0. The van der Waals surface area contributed by atoms with Gasteiger partial charge in [0.2, 0.25) is 0 Å². The van der Waals surface area contributed by atoms with Crippen LogP contribution in [-0.2, 0) is 0 Å². The van der Waals surface area contributed by atoms with E-state index in [-0.39, 0.29) is 6.04 Å². The van der Waals surface area contributed by atoms with Gasteiger partial charge < -0.3 is 10.4 Å². The van der Waals surface area contributed by atoms with Crippen LogP contribution in [0.4, 0.5) is 0 Å². The van der Waals surface area contributed by atoms with Crippen LogP contribution in [0.15, 0.2) is 24.3 Å². The van der Waals surface area contributed by atoms with Gasteiger partial charge in [0.1, 0.15) is 5.75 Å². The fraction of sp³-hybridized carbons (Fsp3) is 0.600. The molecule has 18 heavy (non-hydrogen) atoms. The average molecular weight is 265 g/mol. The average Bonchev–Trinajstić information content (AvgIpc) is 2.85. The van der Waals surface area contributed by atoms with Gasteiger partial charge in [-0.05, 0) is 38.0 Å². The molecule has 1 fully saturated rings. The lowest BCUT2D eigenvalue weighted by molar-refractivity contribution is 0.406. The van der Waals surface area contributed by atoms with Crippen molar-refractivity contribution in [1.82, 2.24) is 5.32 Å². The van der Waals surface area contributed by atoms with Crippen LogP contribution in [0.1, 0.15) is 44.2 Å². The fourth-order valence-electron chi connectivity index (χ4n) is 2.80. The van der Waals surface area contributed by atoms with Gasteiger partial charge in [0, 0.05) is 22.9 Å². The van der Waals surface area contributed by atoms with Gasteiger partial charge in [-0.1, -0.05) is 25.1 Å². The summed E-state index contributed by atoms with van der Waals surface area (Å²) in [4.78, 5) is 0. The second-order valence-corrected chi connectivity index (χ2v) is 6.19. The third kappa shape index (κ3) is 3.21. The number of benzene rings is 1. The summed E-state index contributed by atoms with van der Waals surface area (Å²) in [6, 6.07) is 8.56. The Bertz CT molecular complexity index is 383. The largest absolute Gasteiger partial charge is 0.508 e. The number of para-hydroxylation sites is 1. The van der Waals surface area contributed by atoms with Crippen molar-refractivity contribution in [3.05, 3.63) is 29.8 Å². The number of hydrogen-bond donors (Lipinski definition) is 2. The highest BCUT2D eigenvalue weighted by atomic mass is 32.2. The highest BCUT2D eigenvalue weighted by Crippen LogP contribution is 2.32. The molecule has 0 aromatic heterocycles. The van der Waals surface area contributed by atoms with E-state index in [4.69, 9.17) is 0 Å². The lowest BCUT2D eigenvalue weighted by Gasteiger charge is -2.23. The molecular weight excluding hydrogens is 242 g/mol. The van der Waals surface area contributed by atoms with Crippen molar-refractivity contribution in [1.29, 1.82) is 0 Å². The van der Waals surface area contributed by atoms with Gasteiger partial charge in [-0.15, -0.1) is 0 Å². The first kappa shape index (κ1) is 13.8. The van der Waals surface area contributed by atoms with E-state index in [9.17, 15) is 5.11 Å².